The van der Waals surface area contributed by atoms with Crippen LogP contribution in [-0.2, 0) is 22.6 Å². The average molecular weight is 472 g/mol. The van der Waals surface area contributed by atoms with Crippen LogP contribution in [0.4, 0.5) is 16.2 Å². The quantitative estimate of drug-likeness (QED) is 0.431. The van der Waals surface area contributed by atoms with Crippen LogP contribution in [0, 0.1) is 0 Å². The molecule has 1 saturated heterocycles. The van der Waals surface area contributed by atoms with Crippen LogP contribution in [0.3, 0.4) is 0 Å². The molecule has 2 aliphatic heterocycles. The normalized spacial score (nSPS) is 17.1. The predicted molar refractivity (Wildman–Crippen MR) is 133 cm³/mol. The summed E-state index contributed by atoms with van der Waals surface area (Å²) in [6, 6.07) is 22.0. The number of hydrogen-bond acceptors (Lipinski definition) is 4. The Kier molecular flexibility index (Phi) is 5.90. The molecule has 1 N–H and O–H groups in total. The number of aryl methyl sites for hydroxylation is 1. The van der Waals surface area contributed by atoms with E-state index in [0.717, 1.165) is 42.1 Å². The molecule has 3 aromatic rings. The molecule has 2 aliphatic rings. The first-order chi connectivity index (χ1) is 16.5. The lowest BCUT2D eigenvalue weighted by molar-refractivity contribution is -0.122. The van der Waals surface area contributed by atoms with Crippen molar-refractivity contribution in [2.45, 2.75) is 19.4 Å². The van der Waals surface area contributed by atoms with E-state index in [-0.39, 0.29) is 16.3 Å². The number of benzene rings is 3. The van der Waals surface area contributed by atoms with E-state index in [9.17, 15) is 14.4 Å². The summed E-state index contributed by atoms with van der Waals surface area (Å²) in [6.07, 6.45) is 3.47. The van der Waals surface area contributed by atoms with Crippen molar-refractivity contribution < 1.29 is 14.4 Å². The molecule has 3 aromatic carbocycles. The van der Waals surface area contributed by atoms with E-state index < -0.39 is 17.8 Å². The minimum atomic E-state index is -0.817. The number of urea groups is 1. The number of carbonyl (C=O) groups is 3. The molecular formula is C27H22ClN3O3. The fraction of sp³-hybridized carbons (Fsp3) is 0.148. The van der Waals surface area contributed by atoms with Gasteiger partial charge in [-0.3, -0.25) is 14.9 Å². The molecular weight excluding hydrogens is 450 g/mol. The van der Waals surface area contributed by atoms with Gasteiger partial charge in [0.15, 0.2) is 0 Å². The fourth-order valence-corrected chi connectivity index (χ4v) is 4.65. The number of halogens is 1. The zero-order valence-corrected chi connectivity index (χ0v) is 19.1. The van der Waals surface area contributed by atoms with Crippen LogP contribution in [0.15, 0.2) is 78.4 Å². The number of rotatable bonds is 4. The average Bonchev–Trinajstić information content (AvgIpc) is 2.83. The highest BCUT2D eigenvalue weighted by molar-refractivity contribution is 6.42. The van der Waals surface area contributed by atoms with Gasteiger partial charge < -0.3 is 4.90 Å². The van der Waals surface area contributed by atoms with Gasteiger partial charge in [0.1, 0.15) is 5.57 Å². The van der Waals surface area contributed by atoms with Crippen molar-refractivity contribution in [3.8, 4) is 0 Å². The predicted octanol–water partition coefficient (Wildman–Crippen LogP) is 4.96. The molecule has 5 rings (SSSR count). The smallest absolute Gasteiger partial charge is 0.335 e. The maximum Gasteiger partial charge on any atom is 0.335 e. The van der Waals surface area contributed by atoms with Crippen LogP contribution in [0.1, 0.15) is 23.1 Å². The number of hydrogen-bond donors (Lipinski definition) is 1. The van der Waals surface area contributed by atoms with Gasteiger partial charge >= 0.3 is 6.03 Å². The molecule has 0 bridgehead atoms. The minimum absolute atomic E-state index is 0.114. The number of anilines is 2. The maximum atomic E-state index is 13.2. The van der Waals surface area contributed by atoms with Crippen molar-refractivity contribution in [2.24, 2.45) is 0 Å². The number of nitrogens with zero attached hydrogens (tertiary/aromatic N) is 2. The molecule has 170 valence electrons. The van der Waals surface area contributed by atoms with Gasteiger partial charge in [0.2, 0.25) is 0 Å². The number of para-hydroxylation sites is 1. The van der Waals surface area contributed by atoms with Crippen LogP contribution in [-0.4, -0.2) is 24.4 Å². The molecule has 6 nitrogen and oxygen atoms in total. The van der Waals surface area contributed by atoms with E-state index in [2.05, 4.69) is 22.3 Å². The highest BCUT2D eigenvalue weighted by Crippen LogP contribution is 2.32. The number of amides is 4. The second kappa shape index (κ2) is 9.15. The van der Waals surface area contributed by atoms with E-state index in [1.165, 1.54) is 17.2 Å². The molecule has 2 heterocycles. The van der Waals surface area contributed by atoms with Gasteiger partial charge in [-0.15, -0.1) is 0 Å². The summed E-state index contributed by atoms with van der Waals surface area (Å²) in [5, 5.41) is 2.49. The van der Waals surface area contributed by atoms with Gasteiger partial charge in [0, 0.05) is 18.8 Å². The molecule has 0 saturated carbocycles. The van der Waals surface area contributed by atoms with Gasteiger partial charge in [0.05, 0.1) is 10.7 Å². The van der Waals surface area contributed by atoms with Crippen LogP contribution in [0.2, 0.25) is 5.02 Å². The molecule has 0 aromatic heterocycles. The van der Waals surface area contributed by atoms with Crippen molar-refractivity contribution in [1.82, 2.24) is 5.32 Å². The number of fused-ring (bicyclic) bond motifs is 1. The van der Waals surface area contributed by atoms with Crippen molar-refractivity contribution in [3.63, 3.8) is 0 Å². The third-order valence-electron chi connectivity index (χ3n) is 6.04. The molecule has 0 unspecified atom stereocenters. The zero-order chi connectivity index (χ0) is 23.7. The van der Waals surface area contributed by atoms with Gasteiger partial charge in [-0.05, 0) is 59.9 Å². The van der Waals surface area contributed by atoms with Crippen molar-refractivity contribution in [1.29, 1.82) is 0 Å². The van der Waals surface area contributed by atoms with Crippen LogP contribution in [0.25, 0.3) is 6.08 Å². The van der Waals surface area contributed by atoms with Gasteiger partial charge in [-0.2, -0.15) is 0 Å². The maximum absolute atomic E-state index is 13.2. The number of carbonyl (C=O) groups excluding carboxylic acids is 3. The summed E-state index contributed by atoms with van der Waals surface area (Å²) in [5.74, 6) is -1.42. The first kappa shape index (κ1) is 21.9. The molecule has 0 aliphatic carbocycles. The Balaban J connectivity index is 1.45. The zero-order valence-electron chi connectivity index (χ0n) is 18.3. The number of barbiturate groups is 1. The summed E-state index contributed by atoms with van der Waals surface area (Å²) in [4.78, 5) is 41.4. The highest BCUT2D eigenvalue weighted by Gasteiger charge is 2.37. The third-order valence-corrected chi connectivity index (χ3v) is 6.36. The Bertz CT molecular complexity index is 1320. The van der Waals surface area contributed by atoms with Gasteiger partial charge in [-0.25, -0.2) is 9.69 Å². The summed E-state index contributed by atoms with van der Waals surface area (Å²) >= 11 is 6.20. The summed E-state index contributed by atoms with van der Waals surface area (Å²) in [6.45, 7) is 1.79. The van der Waals surface area contributed by atoms with E-state index >= 15 is 0 Å². The van der Waals surface area contributed by atoms with Crippen molar-refractivity contribution in [3.05, 3.63) is 100 Å². The van der Waals surface area contributed by atoms with Crippen LogP contribution in [0.5, 0.6) is 0 Å². The highest BCUT2D eigenvalue weighted by atomic mass is 35.5. The third kappa shape index (κ3) is 4.20. The Hall–Kier alpha value is -3.90. The van der Waals surface area contributed by atoms with E-state index in [1.54, 1.807) is 24.3 Å². The molecule has 0 spiro atoms. The van der Waals surface area contributed by atoms with E-state index in [1.807, 2.05) is 36.4 Å². The monoisotopic (exact) mass is 471 g/mol. The van der Waals surface area contributed by atoms with E-state index in [4.69, 9.17) is 11.6 Å². The second-order valence-corrected chi connectivity index (χ2v) is 8.72. The lowest BCUT2D eigenvalue weighted by atomic mass is 9.97. The van der Waals surface area contributed by atoms with Gasteiger partial charge in [-0.1, -0.05) is 60.1 Å². The first-order valence-corrected chi connectivity index (χ1v) is 11.5. The fourth-order valence-electron chi connectivity index (χ4n) is 4.43. The molecule has 0 atom stereocenters. The molecule has 0 radical (unpaired) electrons. The summed E-state index contributed by atoms with van der Waals surface area (Å²) < 4.78 is 0. The number of nitrogens with one attached hydrogen (secondary N) is 1. The summed E-state index contributed by atoms with van der Waals surface area (Å²) in [7, 11) is 0. The Morgan fingerprint density at radius 2 is 1.68 bits per heavy atom. The topological polar surface area (TPSA) is 69.7 Å². The first-order valence-electron chi connectivity index (χ1n) is 11.1. The van der Waals surface area contributed by atoms with Crippen molar-refractivity contribution in [2.75, 3.05) is 16.3 Å². The SMILES string of the molecule is O=C1NC(=O)N(c2ccccc2Cl)C(=O)C1=Cc1ccc2c(c1)CCCN2Cc1ccccc1. The van der Waals surface area contributed by atoms with Crippen LogP contribution < -0.4 is 15.1 Å². The second-order valence-electron chi connectivity index (χ2n) is 8.31. The van der Waals surface area contributed by atoms with Gasteiger partial charge in [0.25, 0.3) is 11.8 Å². The summed E-state index contributed by atoms with van der Waals surface area (Å²) in [5.41, 5.74) is 4.41. The molecule has 34 heavy (non-hydrogen) atoms. The van der Waals surface area contributed by atoms with Crippen LogP contribution >= 0.6 is 11.6 Å². The van der Waals surface area contributed by atoms with Crippen molar-refractivity contribution >= 4 is 46.9 Å². The molecule has 1 fully saturated rings. The molecule has 7 heteroatoms. The Labute approximate surface area is 202 Å². The lowest BCUT2D eigenvalue weighted by Crippen LogP contribution is -2.54. The lowest BCUT2D eigenvalue weighted by Gasteiger charge is -2.32. The Morgan fingerprint density at radius 3 is 2.47 bits per heavy atom. The minimum Gasteiger partial charge on any atom is -0.367 e. The largest absolute Gasteiger partial charge is 0.367 e. The number of imide groups is 2. The van der Waals surface area contributed by atoms with E-state index in [0.29, 0.717) is 0 Å². The molecule has 4 amide bonds. The standard InChI is InChI=1S/C27H22ClN3O3/c28-22-10-4-5-11-24(22)31-26(33)21(25(32)29-27(31)34)16-19-12-13-23-20(15-19)9-6-14-30(23)17-18-7-2-1-3-8-18/h1-5,7-8,10-13,15-16H,6,9,14,17H2,(H,29,32,34). The Morgan fingerprint density at radius 1 is 0.912 bits per heavy atom.